The van der Waals surface area contributed by atoms with E-state index in [0.717, 1.165) is 48.1 Å². The second-order valence-corrected chi connectivity index (χ2v) is 16.0. The van der Waals surface area contributed by atoms with Gasteiger partial charge in [0.25, 0.3) is 12.4 Å². The van der Waals surface area contributed by atoms with Crippen molar-refractivity contribution in [3.8, 4) is 33.6 Å². The average molecular weight is 796 g/mol. The Labute approximate surface area is 341 Å². The molecule has 11 heteroatoms. The lowest BCUT2D eigenvalue weighted by atomic mass is 9.80. The van der Waals surface area contributed by atoms with Gasteiger partial charge < -0.3 is 24.3 Å². The van der Waals surface area contributed by atoms with Crippen LogP contribution in [-0.2, 0) is 17.8 Å². The third-order valence-corrected chi connectivity index (χ3v) is 11.0. The number of anilines is 2. The van der Waals surface area contributed by atoms with Crippen molar-refractivity contribution in [2.45, 2.75) is 80.9 Å². The maximum atomic E-state index is 14.0. The molecule has 0 aliphatic carbocycles. The number of hydrogen-bond donors (Lipinski definition) is 2. The number of rotatable bonds is 6. The van der Waals surface area contributed by atoms with Crippen LogP contribution < -0.4 is 9.21 Å². The summed E-state index contributed by atoms with van der Waals surface area (Å²) in [7, 11) is 0. The molecule has 1 fully saturated rings. The van der Waals surface area contributed by atoms with Gasteiger partial charge in [-0.2, -0.15) is 9.36 Å². The summed E-state index contributed by atoms with van der Waals surface area (Å²) in [6, 6.07) is 25.4. The van der Waals surface area contributed by atoms with Crippen molar-refractivity contribution in [3.63, 3.8) is 0 Å². The first-order valence-electron chi connectivity index (χ1n) is 19.2. The van der Waals surface area contributed by atoms with Gasteiger partial charge >= 0.3 is 0 Å². The van der Waals surface area contributed by atoms with Crippen LogP contribution in [0.25, 0.3) is 33.6 Å². The van der Waals surface area contributed by atoms with E-state index in [9.17, 15) is 4.79 Å². The first-order valence-corrected chi connectivity index (χ1v) is 21.2. The van der Waals surface area contributed by atoms with Gasteiger partial charge in [0, 0.05) is 60.7 Å². The van der Waals surface area contributed by atoms with Gasteiger partial charge in [0.1, 0.15) is 0 Å². The second-order valence-electron chi connectivity index (χ2n) is 14.5. The summed E-state index contributed by atoms with van der Waals surface area (Å²) in [5.41, 5.74) is 14.1. The molecule has 56 heavy (non-hydrogen) atoms. The largest absolute Gasteiger partial charge is 0.483 e. The van der Waals surface area contributed by atoms with Gasteiger partial charge in [-0.05, 0) is 99.0 Å². The van der Waals surface area contributed by atoms with Crippen LogP contribution in [-0.4, -0.2) is 74.9 Å². The Morgan fingerprint density at radius 2 is 1.50 bits per heavy atom. The highest BCUT2D eigenvalue weighted by atomic mass is 32.2. The van der Waals surface area contributed by atoms with Crippen molar-refractivity contribution in [3.05, 3.63) is 106 Å². The van der Waals surface area contributed by atoms with Crippen molar-refractivity contribution in [2.24, 2.45) is 0 Å². The predicted octanol–water partition coefficient (Wildman–Crippen LogP) is 10.1. The van der Waals surface area contributed by atoms with Gasteiger partial charge in [-0.15, -0.1) is 0 Å². The zero-order valence-corrected chi connectivity index (χ0v) is 36.1. The Balaban J connectivity index is 0.000000629. The fourth-order valence-corrected chi connectivity index (χ4v) is 8.46. The number of amides is 1. The Morgan fingerprint density at radius 3 is 2.07 bits per heavy atom. The van der Waals surface area contributed by atoms with Gasteiger partial charge in [0.15, 0.2) is 5.82 Å². The molecule has 0 atom stereocenters. The molecular formula is C45H57N5O4S2. The first kappa shape index (κ1) is 44.0. The number of aliphatic hydroxyl groups is 1. The van der Waals surface area contributed by atoms with Crippen molar-refractivity contribution < 1.29 is 19.8 Å². The minimum absolute atomic E-state index is 0.0943. The Kier molecular flexibility index (Phi) is 15.7. The Morgan fingerprint density at radius 1 is 0.893 bits per heavy atom. The van der Waals surface area contributed by atoms with E-state index in [4.69, 9.17) is 20.0 Å². The number of carboxylic acid groups (broad SMARTS) is 1. The molecule has 0 saturated carbocycles. The third-order valence-electron chi connectivity index (χ3n) is 9.48. The van der Waals surface area contributed by atoms with Crippen LogP contribution in [0.1, 0.15) is 79.7 Å². The molecule has 0 spiro atoms. The van der Waals surface area contributed by atoms with Crippen LogP contribution in [0.5, 0.6) is 0 Å². The highest BCUT2D eigenvalue weighted by Gasteiger charge is 2.31. The van der Waals surface area contributed by atoms with Crippen LogP contribution in [0.2, 0.25) is 0 Å². The van der Waals surface area contributed by atoms with Gasteiger partial charge in [0.05, 0.1) is 17.8 Å². The number of fused-ring (bicyclic) bond motifs is 3. The highest BCUT2D eigenvalue weighted by molar-refractivity contribution is 7.99. The van der Waals surface area contributed by atoms with E-state index >= 15 is 0 Å². The van der Waals surface area contributed by atoms with Crippen molar-refractivity contribution >= 4 is 46.7 Å². The number of aromatic nitrogens is 2. The molecule has 298 valence electrons. The highest BCUT2D eigenvalue weighted by Crippen LogP contribution is 2.50. The Bertz CT molecular complexity index is 2060. The number of carbonyl (C=O) groups excluding carboxylic acids is 1. The number of piperazine rings is 1. The lowest BCUT2D eigenvalue weighted by Crippen LogP contribution is -2.48. The smallest absolute Gasteiger partial charge is 0.290 e. The maximum absolute atomic E-state index is 14.0. The standard InChI is InChI=1S/C38H39N5OS2.C4H10O.C2H6.CH2O2/c1-6-31-25(3)35-34(26(4)33(31)27-14-12-24(2)13-15-27)32-22-29(16-17-30(32)23-43(35)45-5)37(44)41-18-20-42(21-19-41)38-39-36(40-46-38)28-10-8-7-9-11-28;1-4(2,3)5;1-2;2-1-3/h7-17,22H,6,18-21,23H2,1-5H3;5H,1-3H3;1-2H3;1H,(H,2,3). The van der Waals surface area contributed by atoms with E-state index < -0.39 is 5.60 Å². The van der Waals surface area contributed by atoms with E-state index in [-0.39, 0.29) is 12.4 Å². The topological polar surface area (TPSA) is 110 Å². The molecule has 7 rings (SSSR count). The predicted molar refractivity (Wildman–Crippen MR) is 236 cm³/mol. The monoisotopic (exact) mass is 795 g/mol. The van der Waals surface area contributed by atoms with E-state index in [1.165, 1.54) is 67.3 Å². The quantitative estimate of drug-likeness (QED) is 0.128. The first-order chi connectivity index (χ1) is 26.8. The van der Waals surface area contributed by atoms with E-state index in [1.807, 2.05) is 55.1 Å². The van der Waals surface area contributed by atoms with Gasteiger partial charge in [0.2, 0.25) is 5.13 Å². The molecule has 9 nitrogen and oxygen atoms in total. The van der Waals surface area contributed by atoms with Crippen molar-refractivity contribution in [1.82, 2.24) is 14.3 Å². The second kappa shape index (κ2) is 19.9. The summed E-state index contributed by atoms with van der Waals surface area (Å²) >= 11 is 3.20. The van der Waals surface area contributed by atoms with Crippen LogP contribution in [0.15, 0.2) is 72.8 Å². The fraction of sp³-hybridized carbons (Fsp3) is 0.378. The molecule has 5 aromatic rings. The minimum atomic E-state index is -0.500. The minimum Gasteiger partial charge on any atom is -0.483 e. The van der Waals surface area contributed by atoms with Crippen molar-refractivity contribution in [2.75, 3.05) is 41.6 Å². The molecule has 1 saturated heterocycles. The molecule has 2 aliphatic rings. The van der Waals surface area contributed by atoms with Crippen LogP contribution in [0.4, 0.5) is 10.8 Å². The number of nitrogens with zero attached hydrogens (tertiary/aromatic N) is 5. The van der Waals surface area contributed by atoms with Gasteiger partial charge in [-0.3, -0.25) is 9.59 Å². The molecule has 2 aliphatic heterocycles. The normalized spacial score (nSPS) is 13.2. The average Bonchev–Trinajstić information content (AvgIpc) is 3.70. The van der Waals surface area contributed by atoms with Crippen LogP contribution >= 0.6 is 23.5 Å². The lowest BCUT2D eigenvalue weighted by molar-refractivity contribution is -0.122. The summed E-state index contributed by atoms with van der Waals surface area (Å²) in [5.74, 6) is 0.854. The maximum Gasteiger partial charge on any atom is 0.290 e. The van der Waals surface area contributed by atoms with Crippen molar-refractivity contribution in [1.29, 1.82) is 0 Å². The zero-order valence-electron chi connectivity index (χ0n) is 34.5. The summed E-state index contributed by atoms with van der Waals surface area (Å²) in [6.07, 6.45) is 3.12. The van der Waals surface area contributed by atoms with E-state index in [1.54, 1.807) is 32.7 Å². The summed E-state index contributed by atoms with van der Waals surface area (Å²) in [5, 5.41) is 16.3. The molecule has 3 heterocycles. The number of benzene rings is 4. The Hall–Kier alpha value is -4.71. The molecule has 0 unspecified atom stereocenters. The summed E-state index contributed by atoms with van der Waals surface area (Å²) in [6.45, 7) is 21.5. The summed E-state index contributed by atoms with van der Waals surface area (Å²) in [4.78, 5) is 31.4. The van der Waals surface area contributed by atoms with Gasteiger partial charge in [-0.1, -0.05) is 98.9 Å². The van der Waals surface area contributed by atoms with Crippen LogP contribution in [0.3, 0.4) is 0 Å². The number of carbonyl (C=O) groups is 2. The molecule has 1 aromatic heterocycles. The van der Waals surface area contributed by atoms with E-state index in [0.29, 0.717) is 13.1 Å². The number of hydrogen-bond acceptors (Lipinski definition) is 9. The SMILES string of the molecule is CC.CC(C)(C)O.CCc1c(C)c2c(c(C)c1-c1ccc(C)cc1)-c1cc(C(=O)N3CCN(c4nc(-c5ccccc5)ns4)CC3)ccc1CN2SC.O=CO. The fourth-order valence-electron chi connectivity index (χ4n) is 7.04. The molecule has 0 bridgehead atoms. The molecule has 1 amide bonds. The van der Waals surface area contributed by atoms with E-state index in [2.05, 4.69) is 83.9 Å². The molecular weight excluding hydrogens is 739 g/mol. The van der Waals surface area contributed by atoms with Crippen LogP contribution in [0, 0.1) is 20.8 Å². The molecule has 2 N–H and O–H groups in total. The molecule has 0 radical (unpaired) electrons. The summed E-state index contributed by atoms with van der Waals surface area (Å²) < 4.78 is 7.02. The zero-order chi connectivity index (χ0) is 41.2. The molecule has 4 aromatic carbocycles. The third kappa shape index (κ3) is 10.4. The number of aryl methyl sites for hydroxylation is 1. The van der Waals surface area contributed by atoms with Gasteiger partial charge in [-0.25, -0.2) is 0 Å². The lowest BCUT2D eigenvalue weighted by Gasteiger charge is -2.36.